The Kier molecular flexibility index (Phi) is 7.36. The number of benzene rings is 2. The largest absolute Gasteiger partial charge is 0.493 e. The van der Waals surface area contributed by atoms with E-state index < -0.39 is 0 Å². The first-order valence-electron chi connectivity index (χ1n) is 13.0. The Morgan fingerprint density at radius 2 is 1.59 bits per heavy atom. The summed E-state index contributed by atoms with van der Waals surface area (Å²) >= 11 is 0. The third kappa shape index (κ3) is 5.23. The highest BCUT2D eigenvalue weighted by Gasteiger charge is 2.30. The maximum Gasteiger partial charge on any atom is 0.236 e. The monoisotopic (exact) mass is 462 g/mol. The molecule has 2 aromatic carbocycles. The molecule has 0 atom stereocenters. The quantitative estimate of drug-likeness (QED) is 0.629. The number of rotatable bonds is 7. The summed E-state index contributed by atoms with van der Waals surface area (Å²) in [6.07, 6.45) is 4.07. The first-order valence-corrected chi connectivity index (χ1v) is 13.0. The molecular formula is C28H38N4O2. The minimum Gasteiger partial charge on any atom is -0.493 e. The molecular weight excluding hydrogens is 424 g/mol. The van der Waals surface area contributed by atoms with Crippen molar-refractivity contribution in [1.82, 2.24) is 14.7 Å². The summed E-state index contributed by atoms with van der Waals surface area (Å²) in [7, 11) is 0. The van der Waals surface area contributed by atoms with Gasteiger partial charge in [-0.05, 0) is 43.5 Å². The molecule has 3 aliphatic rings. The molecule has 0 radical (unpaired) electrons. The Labute approximate surface area is 204 Å². The predicted octanol–water partition coefficient (Wildman–Crippen LogP) is 3.57. The molecule has 182 valence electrons. The summed E-state index contributed by atoms with van der Waals surface area (Å²) in [5.41, 5.74) is 3.55. The average molecular weight is 463 g/mol. The van der Waals surface area contributed by atoms with Crippen LogP contribution in [0.1, 0.15) is 26.2 Å². The predicted molar refractivity (Wildman–Crippen MR) is 137 cm³/mol. The number of anilines is 1. The number of amides is 1. The number of carbonyl (C=O) groups is 1. The van der Waals surface area contributed by atoms with Gasteiger partial charge in [-0.25, -0.2) is 0 Å². The van der Waals surface area contributed by atoms with Gasteiger partial charge in [0.2, 0.25) is 5.91 Å². The Bertz CT molecular complexity index is 943. The maximum atomic E-state index is 12.9. The number of carbonyl (C=O) groups excluding carboxylic acids is 1. The molecule has 0 unspecified atom stereocenters. The number of para-hydroxylation sites is 1. The molecule has 0 N–H and O–H groups in total. The summed E-state index contributed by atoms with van der Waals surface area (Å²) in [6, 6.07) is 17.8. The maximum absolute atomic E-state index is 12.9. The van der Waals surface area contributed by atoms with Gasteiger partial charge in [0.1, 0.15) is 5.75 Å². The standard InChI is InChI=1S/C28H38N4O2/c1-2-34-27-9-4-3-8-26(27)23-10-12-25(13-11-23)30-16-14-29(15-17-30)22-28(33)32-20-18-31(19-21-32)24-6-5-7-24/h3-4,8-13,24H,2,5-7,14-22H2,1H3. The van der Waals surface area contributed by atoms with E-state index in [1.807, 2.05) is 19.1 Å². The molecule has 0 aromatic heterocycles. The highest BCUT2D eigenvalue weighted by molar-refractivity contribution is 5.78. The molecule has 6 nitrogen and oxygen atoms in total. The number of hydrogen-bond donors (Lipinski definition) is 0. The van der Waals surface area contributed by atoms with Gasteiger partial charge in [-0.1, -0.05) is 36.8 Å². The van der Waals surface area contributed by atoms with Crippen LogP contribution >= 0.6 is 0 Å². The van der Waals surface area contributed by atoms with Crippen molar-refractivity contribution in [2.24, 2.45) is 0 Å². The van der Waals surface area contributed by atoms with Crippen molar-refractivity contribution in [3.63, 3.8) is 0 Å². The van der Waals surface area contributed by atoms with Crippen LogP contribution in [0.3, 0.4) is 0 Å². The average Bonchev–Trinajstić information content (AvgIpc) is 2.85. The van der Waals surface area contributed by atoms with Gasteiger partial charge in [0.15, 0.2) is 0 Å². The van der Waals surface area contributed by atoms with Crippen molar-refractivity contribution in [1.29, 1.82) is 0 Å². The van der Waals surface area contributed by atoms with Crippen molar-refractivity contribution in [3.05, 3.63) is 48.5 Å². The molecule has 2 aromatic rings. The molecule has 1 amide bonds. The summed E-state index contributed by atoms with van der Waals surface area (Å²) < 4.78 is 5.80. The second-order valence-electron chi connectivity index (χ2n) is 9.74. The number of ether oxygens (including phenoxy) is 1. The van der Waals surface area contributed by atoms with E-state index >= 15 is 0 Å². The van der Waals surface area contributed by atoms with Crippen LogP contribution in [0, 0.1) is 0 Å². The van der Waals surface area contributed by atoms with Crippen LogP contribution < -0.4 is 9.64 Å². The third-order valence-corrected chi connectivity index (χ3v) is 7.72. The van der Waals surface area contributed by atoms with Crippen LogP contribution in [0.2, 0.25) is 0 Å². The van der Waals surface area contributed by atoms with Gasteiger partial charge in [-0.2, -0.15) is 0 Å². The molecule has 1 saturated carbocycles. The second-order valence-corrected chi connectivity index (χ2v) is 9.74. The van der Waals surface area contributed by atoms with E-state index in [9.17, 15) is 4.79 Å². The Morgan fingerprint density at radius 3 is 2.24 bits per heavy atom. The highest BCUT2D eigenvalue weighted by Crippen LogP contribution is 2.31. The zero-order valence-corrected chi connectivity index (χ0v) is 20.5. The molecule has 2 aliphatic heterocycles. The van der Waals surface area contributed by atoms with E-state index in [2.05, 4.69) is 56.0 Å². The first kappa shape index (κ1) is 23.2. The van der Waals surface area contributed by atoms with E-state index in [1.165, 1.54) is 30.5 Å². The van der Waals surface area contributed by atoms with Crippen LogP contribution in [0.25, 0.3) is 11.1 Å². The lowest BCUT2D eigenvalue weighted by Crippen LogP contribution is -2.56. The zero-order chi connectivity index (χ0) is 23.3. The normalized spacial score (nSPS) is 20.3. The van der Waals surface area contributed by atoms with E-state index in [4.69, 9.17) is 4.74 Å². The third-order valence-electron chi connectivity index (χ3n) is 7.72. The first-order chi connectivity index (χ1) is 16.7. The topological polar surface area (TPSA) is 39.3 Å². The molecule has 1 aliphatic carbocycles. The second kappa shape index (κ2) is 10.8. The number of hydrogen-bond acceptors (Lipinski definition) is 5. The van der Waals surface area contributed by atoms with Gasteiger partial charge in [0.25, 0.3) is 0 Å². The minimum atomic E-state index is 0.305. The number of piperazine rings is 2. The molecule has 2 saturated heterocycles. The number of nitrogens with zero attached hydrogens (tertiary/aromatic N) is 4. The van der Waals surface area contributed by atoms with Crippen molar-refractivity contribution >= 4 is 11.6 Å². The summed E-state index contributed by atoms with van der Waals surface area (Å²) in [4.78, 5) is 22.3. The van der Waals surface area contributed by atoms with Crippen molar-refractivity contribution in [2.45, 2.75) is 32.2 Å². The van der Waals surface area contributed by atoms with Crippen molar-refractivity contribution < 1.29 is 9.53 Å². The van der Waals surface area contributed by atoms with Crippen LogP contribution in [0.5, 0.6) is 5.75 Å². The summed E-state index contributed by atoms with van der Waals surface area (Å²) in [5.74, 6) is 1.24. The van der Waals surface area contributed by atoms with Gasteiger partial charge in [0, 0.05) is 69.7 Å². The van der Waals surface area contributed by atoms with Crippen LogP contribution in [0.15, 0.2) is 48.5 Å². The Balaban J connectivity index is 1.10. The molecule has 5 rings (SSSR count). The molecule has 0 spiro atoms. The fourth-order valence-electron chi connectivity index (χ4n) is 5.38. The smallest absolute Gasteiger partial charge is 0.236 e. The van der Waals surface area contributed by atoms with Crippen molar-refractivity contribution in [2.75, 3.05) is 70.4 Å². The van der Waals surface area contributed by atoms with Crippen LogP contribution in [-0.4, -0.2) is 92.2 Å². The highest BCUT2D eigenvalue weighted by atomic mass is 16.5. The molecule has 34 heavy (non-hydrogen) atoms. The Morgan fingerprint density at radius 1 is 0.882 bits per heavy atom. The molecule has 6 heteroatoms. The summed E-state index contributed by atoms with van der Waals surface area (Å²) in [6.45, 7) is 10.9. The van der Waals surface area contributed by atoms with Gasteiger partial charge in [0.05, 0.1) is 13.2 Å². The fraction of sp³-hybridized carbons (Fsp3) is 0.536. The van der Waals surface area contributed by atoms with Gasteiger partial charge in [-0.3, -0.25) is 14.6 Å². The molecule has 0 bridgehead atoms. The fourth-order valence-corrected chi connectivity index (χ4v) is 5.38. The lowest BCUT2D eigenvalue weighted by molar-refractivity contribution is -0.134. The van der Waals surface area contributed by atoms with Gasteiger partial charge < -0.3 is 14.5 Å². The SMILES string of the molecule is CCOc1ccccc1-c1ccc(N2CCN(CC(=O)N3CCN(C4CCC4)CC3)CC2)cc1. The zero-order valence-electron chi connectivity index (χ0n) is 20.5. The lowest BCUT2D eigenvalue weighted by atomic mass is 9.91. The van der Waals surface area contributed by atoms with E-state index in [-0.39, 0.29) is 0 Å². The van der Waals surface area contributed by atoms with E-state index in [1.54, 1.807) is 0 Å². The Hall–Kier alpha value is -2.57. The van der Waals surface area contributed by atoms with Gasteiger partial charge >= 0.3 is 0 Å². The van der Waals surface area contributed by atoms with E-state index in [0.29, 0.717) is 19.1 Å². The lowest BCUT2D eigenvalue weighted by Gasteiger charge is -2.43. The van der Waals surface area contributed by atoms with Crippen molar-refractivity contribution in [3.8, 4) is 16.9 Å². The summed E-state index contributed by atoms with van der Waals surface area (Å²) in [5, 5.41) is 0. The van der Waals surface area contributed by atoms with Crippen LogP contribution in [0.4, 0.5) is 5.69 Å². The minimum absolute atomic E-state index is 0.305. The molecule has 2 heterocycles. The van der Waals surface area contributed by atoms with Gasteiger partial charge in [-0.15, -0.1) is 0 Å². The molecule has 3 fully saturated rings. The van der Waals surface area contributed by atoms with Crippen LogP contribution in [-0.2, 0) is 4.79 Å². The van der Waals surface area contributed by atoms with E-state index in [0.717, 1.165) is 69.7 Å².